The fraction of sp³-hybridized carbons (Fsp3) is 0.318. The van der Waals surface area contributed by atoms with E-state index in [1.165, 1.54) is 22.9 Å². The first-order valence-corrected chi connectivity index (χ1v) is 8.36. The second-order valence-electron chi connectivity index (χ2n) is 6.32. The van der Waals surface area contributed by atoms with E-state index in [1.807, 2.05) is 19.9 Å². The molecule has 2 aromatic carbocycles. The van der Waals surface area contributed by atoms with Crippen molar-refractivity contribution in [2.75, 3.05) is 0 Å². The number of nitrogens with one attached hydrogen (secondary N) is 1. The Morgan fingerprint density at radius 1 is 0.913 bits per heavy atom. The molecule has 0 spiro atoms. The number of hydrogen-bond donors (Lipinski definition) is 1. The monoisotopic (exact) mass is 307 g/mol. The van der Waals surface area contributed by atoms with Crippen LogP contribution in [0.3, 0.4) is 0 Å². The fourth-order valence-corrected chi connectivity index (χ4v) is 2.32. The number of hydrogen-bond acceptors (Lipinski definition) is 1. The van der Waals surface area contributed by atoms with Crippen LogP contribution in [0.1, 0.15) is 40.2 Å². The minimum Gasteiger partial charge on any atom is -0.308 e. The molecule has 0 bridgehead atoms. The lowest BCUT2D eigenvalue weighted by Crippen LogP contribution is -2.10. The molecule has 0 saturated carbocycles. The third-order valence-electron chi connectivity index (χ3n) is 3.61. The molecule has 0 atom stereocenters. The van der Waals surface area contributed by atoms with Gasteiger partial charge in [0.25, 0.3) is 0 Å². The number of rotatable bonds is 4. The summed E-state index contributed by atoms with van der Waals surface area (Å²) >= 11 is 0. The zero-order valence-electron chi connectivity index (χ0n) is 15.1. The molecule has 0 amide bonds. The topological polar surface area (TPSA) is 23.9 Å². The van der Waals surface area contributed by atoms with Crippen LogP contribution in [0.2, 0.25) is 0 Å². The molecule has 0 aromatic heterocycles. The van der Waals surface area contributed by atoms with Crippen LogP contribution < -0.4 is 0 Å². The van der Waals surface area contributed by atoms with Gasteiger partial charge in [0.15, 0.2) is 0 Å². The molecule has 2 aromatic rings. The third kappa shape index (κ3) is 5.86. The normalized spacial score (nSPS) is 11.4. The van der Waals surface area contributed by atoms with E-state index in [9.17, 15) is 0 Å². The van der Waals surface area contributed by atoms with Gasteiger partial charge >= 0.3 is 0 Å². The van der Waals surface area contributed by atoms with Crippen LogP contribution in [0.15, 0.2) is 66.2 Å². The molecule has 0 aliphatic heterocycles. The van der Waals surface area contributed by atoms with Gasteiger partial charge in [-0.05, 0) is 34.1 Å². The first-order valence-electron chi connectivity index (χ1n) is 8.36. The van der Waals surface area contributed by atoms with Gasteiger partial charge in [0.2, 0.25) is 0 Å². The van der Waals surface area contributed by atoms with E-state index < -0.39 is 0 Å². The van der Waals surface area contributed by atoms with Crippen molar-refractivity contribution in [3.05, 3.63) is 71.8 Å². The summed E-state index contributed by atoms with van der Waals surface area (Å²) in [5.74, 6) is 0. The highest BCUT2D eigenvalue weighted by Gasteiger charge is 2.14. The van der Waals surface area contributed by atoms with E-state index in [1.54, 1.807) is 0 Å². The molecule has 1 heteroatoms. The van der Waals surface area contributed by atoms with Gasteiger partial charge in [0, 0.05) is 6.21 Å². The average Bonchev–Trinajstić information content (AvgIpc) is 2.57. The average molecular weight is 307 g/mol. The highest BCUT2D eigenvalue weighted by molar-refractivity contribution is 5.77. The predicted octanol–water partition coefficient (Wildman–Crippen LogP) is 6.54. The van der Waals surface area contributed by atoms with E-state index in [-0.39, 0.29) is 5.41 Å². The zero-order valence-corrected chi connectivity index (χ0v) is 15.1. The lowest BCUT2D eigenvalue weighted by molar-refractivity contribution is 0.524. The summed E-state index contributed by atoms with van der Waals surface area (Å²) in [4.78, 5) is 0. The molecule has 2 rings (SSSR count). The molecule has 0 heterocycles. The highest BCUT2D eigenvalue weighted by atomic mass is 14.4. The van der Waals surface area contributed by atoms with Crippen LogP contribution in [0.4, 0.5) is 0 Å². The minimum absolute atomic E-state index is 0.0266. The molecule has 0 unspecified atom stereocenters. The van der Waals surface area contributed by atoms with Crippen molar-refractivity contribution in [3.8, 4) is 11.1 Å². The van der Waals surface area contributed by atoms with Crippen LogP contribution >= 0.6 is 0 Å². The summed E-state index contributed by atoms with van der Waals surface area (Å²) < 4.78 is 0. The van der Waals surface area contributed by atoms with Gasteiger partial charge in [-0.1, -0.05) is 95.3 Å². The Bertz CT molecular complexity index is 631. The summed E-state index contributed by atoms with van der Waals surface area (Å²) in [6.07, 6.45) is 4.50. The lowest BCUT2D eigenvalue weighted by atomic mass is 9.86. The van der Waals surface area contributed by atoms with Crippen molar-refractivity contribution in [1.29, 1.82) is 5.41 Å². The van der Waals surface area contributed by atoms with Crippen molar-refractivity contribution >= 4 is 6.21 Å². The second-order valence-corrected chi connectivity index (χ2v) is 6.32. The van der Waals surface area contributed by atoms with Crippen molar-refractivity contribution < 1.29 is 0 Å². The van der Waals surface area contributed by atoms with E-state index in [2.05, 4.69) is 75.4 Å². The van der Waals surface area contributed by atoms with Gasteiger partial charge in [-0.15, -0.1) is 0 Å². The van der Waals surface area contributed by atoms with E-state index in [0.717, 1.165) is 12.0 Å². The Kier molecular flexibility index (Phi) is 7.47. The van der Waals surface area contributed by atoms with Crippen molar-refractivity contribution in [3.63, 3.8) is 0 Å². The molecule has 122 valence electrons. The molecule has 23 heavy (non-hydrogen) atoms. The Hall–Kier alpha value is -2.15. The maximum absolute atomic E-state index is 7.56. The first-order chi connectivity index (χ1) is 11.0. The van der Waals surface area contributed by atoms with Crippen LogP contribution in [0.5, 0.6) is 0 Å². The van der Waals surface area contributed by atoms with E-state index >= 15 is 0 Å². The van der Waals surface area contributed by atoms with Gasteiger partial charge < -0.3 is 5.41 Å². The van der Waals surface area contributed by atoms with Crippen molar-refractivity contribution in [2.24, 2.45) is 5.41 Å². The zero-order chi connectivity index (χ0) is 17.3. The molecule has 0 aliphatic rings. The molecule has 0 fully saturated rings. The van der Waals surface area contributed by atoms with Crippen molar-refractivity contribution in [1.82, 2.24) is 0 Å². The molecule has 0 aliphatic carbocycles. The number of benzene rings is 2. The SMILES string of the molecule is CC.CC(C)(C)/C(C=N)=C/Cc1cccc(-c2ccccc2)c1. The van der Waals surface area contributed by atoms with Crippen LogP contribution in [-0.4, -0.2) is 6.21 Å². The molecule has 0 saturated heterocycles. The minimum atomic E-state index is 0.0266. The maximum Gasteiger partial charge on any atom is 0.0212 e. The molecule has 1 N–H and O–H groups in total. The molecular weight excluding hydrogens is 278 g/mol. The fourth-order valence-electron chi connectivity index (χ4n) is 2.32. The van der Waals surface area contributed by atoms with Gasteiger partial charge in [-0.25, -0.2) is 0 Å². The first kappa shape index (κ1) is 18.9. The quantitative estimate of drug-likeness (QED) is 0.620. The van der Waals surface area contributed by atoms with Crippen LogP contribution in [-0.2, 0) is 6.42 Å². The summed E-state index contributed by atoms with van der Waals surface area (Å²) in [5.41, 5.74) is 4.87. The summed E-state index contributed by atoms with van der Waals surface area (Å²) in [6.45, 7) is 10.4. The largest absolute Gasteiger partial charge is 0.308 e. The van der Waals surface area contributed by atoms with E-state index in [4.69, 9.17) is 5.41 Å². The van der Waals surface area contributed by atoms with Crippen LogP contribution in [0.25, 0.3) is 11.1 Å². The standard InChI is InChI=1S/C20H23N.C2H6/c1-20(2,3)19(15-21)13-12-16-8-7-11-18(14-16)17-9-5-4-6-10-17;1-2/h4-11,13-15,21H,12H2,1-3H3;1-2H3/b19-13+,21-15?;. The Balaban J connectivity index is 0.00000127. The smallest absolute Gasteiger partial charge is 0.0212 e. The highest BCUT2D eigenvalue weighted by Crippen LogP contribution is 2.25. The molecule has 1 nitrogen and oxygen atoms in total. The Morgan fingerprint density at radius 2 is 1.52 bits per heavy atom. The lowest BCUT2D eigenvalue weighted by Gasteiger charge is -2.19. The van der Waals surface area contributed by atoms with Gasteiger partial charge in [0.1, 0.15) is 0 Å². The van der Waals surface area contributed by atoms with Crippen LogP contribution in [0, 0.1) is 10.8 Å². The van der Waals surface area contributed by atoms with E-state index in [0.29, 0.717) is 0 Å². The molecular formula is C22H29N. The van der Waals surface area contributed by atoms with Gasteiger partial charge in [0.05, 0.1) is 0 Å². The maximum atomic E-state index is 7.56. The Labute approximate surface area is 141 Å². The third-order valence-corrected chi connectivity index (χ3v) is 3.61. The summed E-state index contributed by atoms with van der Waals surface area (Å²) in [7, 11) is 0. The second kappa shape index (κ2) is 9.09. The van der Waals surface area contributed by atoms with Gasteiger partial charge in [-0.3, -0.25) is 0 Å². The van der Waals surface area contributed by atoms with Gasteiger partial charge in [-0.2, -0.15) is 0 Å². The predicted molar refractivity (Wildman–Crippen MR) is 103 cm³/mol. The molecule has 0 radical (unpaired) electrons. The Morgan fingerprint density at radius 3 is 2.09 bits per heavy atom. The summed E-state index contributed by atoms with van der Waals surface area (Å²) in [5, 5.41) is 7.56. The summed E-state index contributed by atoms with van der Waals surface area (Å²) in [6, 6.07) is 19.1. The number of allylic oxidation sites excluding steroid dienone is 2. The van der Waals surface area contributed by atoms with Crippen molar-refractivity contribution in [2.45, 2.75) is 41.0 Å².